The van der Waals surface area contributed by atoms with Gasteiger partial charge in [0.05, 0.1) is 13.2 Å². The maximum atomic E-state index is 12.9. The molecule has 2 rings (SSSR count). The number of aromatic nitrogens is 2. The number of rotatable bonds is 4. The summed E-state index contributed by atoms with van der Waals surface area (Å²) in [5.41, 5.74) is 1.22. The van der Waals surface area contributed by atoms with Gasteiger partial charge in [0, 0.05) is 24.4 Å². The van der Waals surface area contributed by atoms with Crippen LogP contribution in [0.3, 0.4) is 0 Å². The third-order valence-corrected chi connectivity index (χ3v) is 4.24. The van der Waals surface area contributed by atoms with Crippen molar-refractivity contribution in [1.29, 1.82) is 0 Å². The Morgan fingerprint density at radius 3 is 2.87 bits per heavy atom. The molecular weight excluding hydrogens is 296 g/mol. The highest BCUT2D eigenvalue weighted by atomic mass is 16.5. The van der Waals surface area contributed by atoms with Crippen LogP contribution in [0.4, 0.5) is 4.79 Å². The van der Waals surface area contributed by atoms with Crippen molar-refractivity contribution in [2.45, 2.75) is 46.1 Å². The maximum Gasteiger partial charge on any atom is 0.433 e. The number of nitrogens with zero attached hydrogens (tertiary/aromatic N) is 3. The molecule has 23 heavy (non-hydrogen) atoms. The number of ether oxygens (including phenoxy) is 1. The molecule has 1 aliphatic rings. The van der Waals surface area contributed by atoms with Crippen molar-refractivity contribution < 1.29 is 14.3 Å². The molecule has 1 aromatic rings. The predicted octanol–water partition coefficient (Wildman–Crippen LogP) is 2.64. The Hall–Kier alpha value is -2.18. The summed E-state index contributed by atoms with van der Waals surface area (Å²) in [6, 6.07) is -0.0943. The number of imidazole rings is 1. The van der Waals surface area contributed by atoms with Gasteiger partial charge in [-0.05, 0) is 26.2 Å². The largest absolute Gasteiger partial charge is 0.451 e. The highest BCUT2D eigenvalue weighted by Crippen LogP contribution is 2.31. The lowest BCUT2D eigenvalue weighted by Crippen LogP contribution is -2.39. The summed E-state index contributed by atoms with van der Waals surface area (Å²) in [6.45, 7) is 6.42. The first-order valence-corrected chi connectivity index (χ1v) is 7.96. The van der Waals surface area contributed by atoms with Crippen LogP contribution in [0.15, 0.2) is 11.2 Å². The van der Waals surface area contributed by atoms with E-state index in [4.69, 9.17) is 0 Å². The highest BCUT2D eigenvalue weighted by molar-refractivity contribution is 6.40. The van der Waals surface area contributed by atoms with E-state index in [0.29, 0.717) is 6.54 Å². The third-order valence-electron chi connectivity index (χ3n) is 4.24. The summed E-state index contributed by atoms with van der Waals surface area (Å²) in [7, 11) is 1.26. The molecule has 0 radical (unpaired) electrons. The van der Waals surface area contributed by atoms with Crippen molar-refractivity contribution in [2.24, 2.45) is 10.9 Å². The molecule has 1 fully saturated rings. The normalized spacial score (nSPS) is 19.7. The molecule has 0 saturated carbocycles. The minimum atomic E-state index is -0.738. The van der Waals surface area contributed by atoms with Crippen LogP contribution in [-0.2, 0) is 9.53 Å². The van der Waals surface area contributed by atoms with Gasteiger partial charge in [0.1, 0.15) is 11.5 Å². The van der Waals surface area contributed by atoms with Gasteiger partial charge in [-0.15, -0.1) is 0 Å². The minimum Gasteiger partial charge on any atom is -0.451 e. The fourth-order valence-corrected chi connectivity index (χ4v) is 2.75. The molecule has 126 valence electrons. The van der Waals surface area contributed by atoms with E-state index in [0.717, 1.165) is 30.8 Å². The molecule has 0 spiro atoms. The number of nitrogens with one attached hydrogen (secondary N) is 1. The second-order valence-electron chi connectivity index (χ2n) is 5.88. The molecule has 2 atom stereocenters. The van der Waals surface area contributed by atoms with E-state index in [1.165, 1.54) is 7.11 Å². The SMILES string of the molecule is CCC(C)C(=NC(=O)OC)C(=O)N1CCCC1c1ncc(C)[nH]1. The van der Waals surface area contributed by atoms with Crippen LogP contribution in [0.1, 0.15) is 50.7 Å². The molecule has 2 heterocycles. The van der Waals surface area contributed by atoms with Gasteiger partial charge in [-0.3, -0.25) is 4.79 Å². The van der Waals surface area contributed by atoms with E-state index in [1.807, 2.05) is 20.8 Å². The van der Waals surface area contributed by atoms with Crippen LogP contribution < -0.4 is 0 Å². The van der Waals surface area contributed by atoms with Crippen LogP contribution in [0.2, 0.25) is 0 Å². The van der Waals surface area contributed by atoms with Crippen molar-refractivity contribution >= 4 is 17.7 Å². The van der Waals surface area contributed by atoms with Gasteiger partial charge in [-0.1, -0.05) is 13.8 Å². The zero-order valence-electron chi connectivity index (χ0n) is 14.1. The van der Waals surface area contributed by atoms with Crippen molar-refractivity contribution in [2.75, 3.05) is 13.7 Å². The Morgan fingerprint density at radius 1 is 1.57 bits per heavy atom. The number of hydrogen-bond donors (Lipinski definition) is 1. The van der Waals surface area contributed by atoms with E-state index in [-0.39, 0.29) is 23.6 Å². The first kappa shape index (κ1) is 17.2. The van der Waals surface area contributed by atoms with Crippen molar-refractivity contribution in [3.05, 3.63) is 17.7 Å². The quantitative estimate of drug-likeness (QED) is 0.864. The minimum absolute atomic E-state index is 0.0943. The van der Waals surface area contributed by atoms with Gasteiger partial charge in [0.25, 0.3) is 5.91 Å². The number of aryl methyl sites for hydroxylation is 1. The van der Waals surface area contributed by atoms with Crippen LogP contribution in [0.25, 0.3) is 0 Å². The number of carbonyl (C=O) groups excluding carboxylic acids is 2. The van der Waals surface area contributed by atoms with Gasteiger partial charge in [-0.2, -0.15) is 4.99 Å². The molecule has 1 aromatic heterocycles. The van der Waals surface area contributed by atoms with E-state index < -0.39 is 6.09 Å². The number of likely N-dealkylation sites (tertiary alicyclic amines) is 1. The van der Waals surface area contributed by atoms with Crippen LogP contribution in [0, 0.1) is 12.8 Å². The number of aliphatic imine (C=N–C) groups is 1. The molecule has 1 N–H and O–H groups in total. The Balaban J connectivity index is 2.27. The molecule has 0 aromatic carbocycles. The summed E-state index contributed by atoms with van der Waals surface area (Å²) in [4.78, 5) is 37.6. The topological polar surface area (TPSA) is 87.7 Å². The molecule has 7 heteroatoms. The van der Waals surface area contributed by atoms with Gasteiger partial charge < -0.3 is 14.6 Å². The second-order valence-corrected chi connectivity index (χ2v) is 5.88. The lowest BCUT2D eigenvalue weighted by molar-refractivity contribution is -0.125. The number of amides is 2. The zero-order chi connectivity index (χ0) is 17.0. The maximum absolute atomic E-state index is 12.9. The standard InChI is InChI=1S/C16H24N4O3/c1-5-10(2)13(19-16(22)23-4)15(21)20-8-6-7-12(20)14-17-9-11(3)18-14/h9-10,12H,5-8H2,1-4H3,(H,17,18). The Morgan fingerprint density at radius 2 is 2.30 bits per heavy atom. The Bertz CT molecular complexity index is 608. The lowest BCUT2D eigenvalue weighted by atomic mass is 10.0. The number of carbonyl (C=O) groups is 2. The smallest absolute Gasteiger partial charge is 0.433 e. The monoisotopic (exact) mass is 320 g/mol. The average molecular weight is 320 g/mol. The molecule has 7 nitrogen and oxygen atoms in total. The number of hydrogen-bond acceptors (Lipinski definition) is 4. The van der Waals surface area contributed by atoms with Gasteiger partial charge in [-0.25, -0.2) is 9.78 Å². The van der Waals surface area contributed by atoms with Gasteiger partial charge >= 0.3 is 6.09 Å². The molecule has 0 bridgehead atoms. The molecular formula is C16H24N4O3. The highest BCUT2D eigenvalue weighted by Gasteiger charge is 2.35. The number of aromatic amines is 1. The molecule has 0 aliphatic carbocycles. The van der Waals surface area contributed by atoms with Crippen molar-refractivity contribution in [3.63, 3.8) is 0 Å². The summed E-state index contributed by atoms with van der Waals surface area (Å²) >= 11 is 0. The zero-order valence-corrected chi connectivity index (χ0v) is 14.1. The van der Waals surface area contributed by atoms with E-state index in [2.05, 4.69) is 19.7 Å². The fourth-order valence-electron chi connectivity index (χ4n) is 2.75. The number of methoxy groups -OCH3 is 1. The van der Waals surface area contributed by atoms with E-state index in [9.17, 15) is 9.59 Å². The summed E-state index contributed by atoms with van der Waals surface area (Å²) in [5.74, 6) is 0.470. The van der Waals surface area contributed by atoms with E-state index >= 15 is 0 Å². The van der Waals surface area contributed by atoms with Gasteiger partial charge in [0.2, 0.25) is 0 Å². The lowest BCUT2D eigenvalue weighted by Gasteiger charge is -2.25. The number of H-pyrrole nitrogens is 1. The predicted molar refractivity (Wildman–Crippen MR) is 86.3 cm³/mol. The Kier molecular flexibility index (Phi) is 5.52. The summed E-state index contributed by atoms with van der Waals surface area (Å²) < 4.78 is 4.59. The fraction of sp³-hybridized carbons (Fsp3) is 0.625. The Labute approximate surface area is 136 Å². The van der Waals surface area contributed by atoms with E-state index in [1.54, 1.807) is 11.1 Å². The molecule has 2 amide bonds. The summed E-state index contributed by atoms with van der Waals surface area (Å²) in [5, 5.41) is 0. The van der Waals surface area contributed by atoms with Crippen molar-refractivity contribution in [3.8, 4) is 0 Å². The first-order chi connectivity index (χ1) is 11.0. The van der Waals surface area contributed by atoms with Gasteiger partial charge in [0.15, 0.2) is 0 Å². The van der Waals surface area contributed by atoms with Crippen LogP contribution in [-0.4, -0.2) is 46.2 Å². The molecule has 2 unspecified atom stereocenters. The first-order valence-electron chi connectivity index (χ1n) is 7.96. The molecule has 1 saturated heterocycles. The van der Waals surface area contributed by atoms with Crippen LogP contribution >= 0.6 is 0 Å². The van der Waals surface area contributed by atoms with Crippen molar-refractivity contribution in [1.82, 2.24) is 14.9 Å². The second kappa shape index (κ2) is 7.39. The average Bonchev–Trinajstić information content (AvgIpc) is 3.19. The summed E-state index contributed by atoms with van der Waals surface area (Å²) in [6.07, 6.45) is 3.50. The molecule has 1 aliphatic heterocycles. The van der Waals surface area contributed by atoms with Crippen LogP contribution in [0.5, 0.6) is 0 Å². The third kappa shape index (κ3) is 3.78.